The first kappa shape index (κ1) is 25.6. The van der Waals surface area contributed by atoms with E-state index in [-0.39, 0.29) is 17.2 Å². The van der Waals surface area contributed by atoms with E-state index >= 15 is 0 Å². The van der Waals surface area contributed by atoms with Gasteiger partial charge in [-0.15, -0.1) is 0 Å². The molecule has 1 aliphatic rings. The van der Waals surface area contributed by atoms with Gasteiger partial charge in [-0.25, -0.2) is 0 Å². The summed E-state index contributed by atoms with van der Waals surface area (Å²) in [4.78, 5) is 37.2. The predicted molar refractivity (Wildman–Crippen MR) is 121 cm³/mol. The number of halogens is 2. The number of hydrogen-bond acceptors (Lipinski definition) is 7. The summed E-state index contributed by atoms with van der Waals surface area (Å²) in [6.45, 7) is -2.91. The lowest BCUT2D eigenvalue weighted by Gasteiger charge is -2.30. The number of likely N-dealkylation sites (tertiary alicyclic amines) is 1. The third-order valence-electron chi connectivity index (χ3n) is 5.51. The van der Waals surface area contributed by atoms with Crippen molar-refractivity contribution in [2.75, 3.05) is 20.2 Å². The molecule has 11 heteroatoms. The van der Waals surface area contributed by atoms with Gasteiger partial charge < -0.3 is 19.1 Å². The Morgan fingerprint density at radius 2 is 1.86 bits per heavy atom. The number of hydrogen-bond donors (Lipinski definition) is 0. The molecule has 35 heavy (non-hydrogen) atoms. The molecule has 0 bridgehead atoms. The van der Waals surface area contributed by atoms with Crippen molar-refractivity contribution in [3.63, 3.8) is 0 Å². The number of methoxy groups -OCH3 is 1. The van der Waals surface area contributed by atoms with E-state index < -0.39 is 41.5 Å². The highest BCUT2D eigenvalue weighted by Crippen LogP contribution is 2.36. The summed E-state index contributed by atoms with van der Waals surface area (Å²) in [6.07, 6.45) is 3.98. The van der Waals surface area contributed by atoms with Crippen LogP contribution in [0.15, 0.2) is 48.5 Å². The number of nitrogens with zero attached hydrogens (tertiary/aromatic N) is 2. The van der Waals surface area contributed by atoms with Crippen LogP contribution in [0.1, 0.15) is 24.0 Å². The molecule has 0 aliphatic carbocycles. The molecule has 0 unspecified atom stereocenters. The predicted octanol–water partition coefficient (Wildman–Crippen LogP) is 4.20. The van der Waals surface area contributed by atoms with Crippen LogP contribution >= 0.6 is 0 Å². The van der Waals surface area contributed by atoms with Crippen LogP contribution in [0.2, 0.25) is 0 Å². The number of carbonyl (C=O) groups is 2. The third kappa shape index (κ3) is 6.98. The molecule has 1 fully saturated rings. The van der Waals surface area contributed by atoms with Crippen LogP contribution in [0.3, 0.4) is 0 Å². The second-order valence-electron chi connectivity index (χ2n) is 7.72. The van der Waals surface area contributed by atoms with Crippen LogP contribution < -0.4 is 9.47 Å². The van der Waals surface area contributed by atoms with Crippen molar-refractivity contribution in [2.45, 2.75) is 26.1 Å². The van der Waals surface area contributed by atoms with Gasteiger partial charge in [-0.2, -0.15) is 8.78 Å². The third-order valence-corrected chi connectivity index (χ3v) is 5.51. The van der Waals surface area contributed by atoms with Gasteiger partial charge in [0.1, 0.15) is 6.61 Å². The Kier molecular flexibility index (Phi) is 8.71. The maximum atomic E-state index is 12.6. The van der Waals surface area contributed by atoms with Gasteiger partial charge in [0.05, 0.1) is 29.6 Å². The lowest BCUT2D eigenvalue weighted by molar-refractivity contribution is -0.386. The van der Waals surface area contributed by atoms with E-state index in [1.807, 2.05) is 30.3 Å². The van der Waals surface area contributed by atoms with E-state index in [0.717, 1.165) is 17.7 Å². The van der Waals surface area contributed by atoms with Crippen molar-refractivity contribution in [3.8, 4) is 11.5 Å². The number of rotatable bonds is 9. The quantitative estimate of drug-likeness (QED) is 0.224. The summed E-state index contributed by atoms with van der Waals surface area (Å²) in [5.41, 5.74) is 0.333. The van der Waals surface area contributed by atoms with Crippen LogP contribution in [0, 0.1) is 16.0 Å². The van der Waals surface area contributed by atoms with Crippen molar-refractivity contribution in [2.24, 2.45) is 5.92 Å². The zero-order chi connectivity index (χ0) is 25.4. The van der Waals surface area contributed by atoms with Crippen LogP contribution in [-0.2, 0) is 20.9 Å². The first-order valence-corrected chi connectivity index (χ1v) is 10.8. The van der Waals surface area contributed by atoms with Crippen molar-refractivity contribution < 1.29 is 37.5 Å². The van der Waals surface area contributed by atoms with Gasteiger partial charge >= 0.3 is 12.6 Å². The first-order chi connectivity index (χ1) is 16.8. The van der Waals surface area contributed by atoms with Crippen LogP contribution in [0.25, 0.3) is 6.08 Å². The number of benzene rings is 2. The molecule has 1 saturated heterocycles. The summed E-state index contributed by atoms with van der Waals surface area (Å²) < 4.78 is 39.7. The molecule has 9 nitrogen and oxygen atoms in total. The molecule has 1 heterocycles. The Balaban J connectivity index is 1.57. The van der Waals surface area contributed by atoms with Gasteiger partial charge in [-0.1, -0.05) is 30.3 Å². The molecular weight excluding hydrogens is 466 g/mol. The highest BCUT2D eigenvalue weighted by Gasteiger charge is 2.29. The highest BCUT2D eigenvalue weighted by molar-refractivity contribution is 5.92. The first-order valence-electron chi connectivity index (χ1n) is 10.8. The molecule has 0 N–H and O–H groups in total. The van der Waals surface area contributed by atoms with Crippen molar-refractivity contribution in [1.29, 1.82) is 0 Å². The molecule has 0 radical (unpaired) electrons. The molecule has 1 aliphatic heterocycles. The maximum Gasteiger partial charge on any atom is 0.387 e. The number of nitro benzene ring substituents is 1. The van der Waals surface area contributed by atoms with Gasteiger partial charge in [0.2, 0.25) is 5.91 Å². The summed E-state index contributed by atoms with van der Waals surface area (Å²) in [6, 6.07) is 11.3. The molecule has 1 amide bonds. The van der Waals surface area contributed by atoms with Crippen molar-refractivity contribution in [1.82, 2.24) is 4.90 Å². The summed E-state index contributed by atoms with van der Waals surface area (Å²) >= 11 is 0. The molecule has 0 spiro atoms. The van der Waals surface area contributed by atoms with Crippen LogP contribution in [-0.4, -0.2) is 48.5 Å². The lowest BCUT2D eigenvalue weighted by Crippen LogP contribution is -2.39. The molecule has 186 valence electrons. The SMILES string of the molecule is COc1cc(COC(=O)C2CCN(C(=O)/C=C/c3ccccc3)CC2)c([N+](=O)[O-])cc1OC(F)F. The Morgan fingerprint density at radius 3 is 2.46 bits per heavy atom. The standard InChI is InChI=1S/C24H24F2N2O7/c1-33-20-13-18(19(28(31)32)14-21(20)35-24(25)26)15-34-23(30)17-9-11-27(12-10-17)22(29)8-7-16-5-3-2-4-6-16/h2-8,13-14,17,24H,9-12,15H2,1H3/b8-7+. The fraction of sp³-hybridized carbons (Fsp3) is 0.333. The van der Waals surface area contributed by atoms with Crippen LogP contribution in [0.4, 0.5) is 14.5 Å². The fourth-order valence-corrected chi connectivity index (χ4v) is 3.66. The Morgan fingerprint density at radius 1 is 1.17 bits per heavy atom. The van der Waals surface area contributed by atoms with Gasteiger partial charge in [0.15, 0.2) is 11.5 Å². The van der Waals surface area contributed by atoms with E-state index in [0.29, 0.717) is 25.9 Å². The topological polar surface area (TPSA) is 108 Å². The van der Waals surface area contributed by atoms with Crippen LogP contribution in [0.5, 0.6) is 11.5 Å². The van der Waals surface area contributed by atoms with Gasteiger partial charge in [0, 0.05) is 19.2 Å². The zero-order valence-electron chi connectivity index (χ0n) is 18.9. The van der Waals surface area contributed by atoms with E-state index in [4.69, 9.17) is 9.47 Å². The summed E-state index contributed by atoms with van der Waals surface area (Å²) in [7, 11) is 1.19. The van der Waals surface area contributed by atoms with E-state index in [1.54, 1.807) is 11.0 Å². The van der Waals surface area contributed by atoms with E-state index in [1.165, 1.54) is 13.2 Å². The zero-order valence-corrected chi connectivity index (χ0v) is 18.9. The Bertz CT molecular complexity index is 1080. The Labute approximate surface area is 200 Å². The number of nitro groups is 1. The second-order valence-corrected chi connectivity index (χ2v) is 7.72. The average molecular weight is 490 g/mol. The molecule has 2 aromatic carbocycles. The number of amides is 1. The number of ether oxygens (including phenoxy) is 3. The molecule has 2 aromatic rings. The van der Waals surface area contributed by atoms with E-state index in [9.17, 15) is 28.5 Å². The second kappa shape index (κ2) is 11.9. The van der Waals surface area contributed by atoms with Gasteiger partial charge in [-0.3, -0.25) is 19.7 Å². The number of alkyl halides is 2. The molecule has 0 atom stereocenters. The monoisotopic (exact) mass is 490 g/mol. The lowest BCUT2D eigenvalue weighted by atomic mass is 9.97. The normalized spacial score (nSPS) is 14.2. The average Bonchev–Trinajstić information content (AvgIpc) is 2.86. The van der Waals surface area contributed by atoms with Crippen molar-refractivity contribution in [3.05, 3.63) is 69.8 Å². The van der Waals surface area contributed by atoms with Crippen molar-refractivity contribution >= 4 is 23.6 Å². The minimum absolute atomic E-state index is 0.0273. The number of piperidine rings is 1. The largest absolute Gasteiger partial charge is 0.493 e. The fourth-order valence-electron chi connectivity index (χ4n) is 3.66. The van der Waals surface area contributed by atoms with Gasteiger partial charge in [0.25, 0.3) is 5.69 Å². The molecular formula is C24H24F2N2O7. The Hall–Kier alpha value is -4.02. The number of esters is 1. The molecule has 0 saturated carbocycles. The minimum Gasteiger partial charge on any atom is -0.493 e. The summed E-state index contributed by atoms with van der Waals surface area (Å²) in [5, 5.41) is 11.4. The number of carbonyl (C=O) groups excluding carboxylic acids is 2. The summed E-state index contributed by atoms with van der Waals surface area (Å²) in [5.74, 6) is -1.84. The molecule has 0 aromatic heterocycles. The smallest absolute Gasteiger partial charge is 0.387 e. The highest BCUT2D eigenvalue weighted by atomic mass is 19.3. The maximum absolute atomic E-state index is 12.6. The van der Waals surface area contributed by atoms with Gasteiger partial charge in [-0.05, 0) is 30.5 Å². The van der Waals surface area contributed by atoms with E-state index in [2.05, 4.69) is 4.74 Å². The molecule has 3 rings (SSSR count). The minimum atomic E-state index is -3.20.